The van der Waals surface area contributed by atoms with Crippen LogP contribution in [0, 0.1) is 0 Å². The molecular formula is C13H18BrNO2. The molecule has 1 heterocycles. The van der Waals surface area contributed by atoms with Crippen LogP contribution in [0.15, 0.2) is 22.7 Å². The molecule has 1 aromatic rings. The summed E-state index contributed by atoms with van der Waals surface area (Å²) in [7, 11) is 0. The number of aromatic hydroxyl groups is 1. The number of ether oxygens (including phenoxy) is 1. The van der Waals surface area contributed by atoms with Crippen LogP contribution >= 0.6 is 15.9 Å². The van der Waals surface area contributed by atoms with Crippen molar-refractivity contribution in [1.29, 1.82) is 0 Å². The Hall–Kier alpha value is -0.580. The fourth-order valence-corrected chi connectivity index (χ4v) is 2.47. The van der Waals surface area contributed by atoms with Crippen LogP contribution in [0.2, 0.25) is 0 Å². The van der Waals surface area contributed by atoms with Gasteiger partial charge in [0.1, 0.15) is 5.75 Å². The number of hydrogen-bond donors (Lipinski definition) is 2. The van der Waals surface area contributed by atoms with Gasteiger partial charge in [0.15, 0.2) is 0 Å². The Morgan fingerprint density at radius 3 is 3.00 bits per heavy atom. The van der Waals surface area contributed by atoms with E-state index < -0.39 is 0 Å². The van der Waals surface area contributed by atoms with Gasteiger partial charge in [0.05, 0.1) is 6.10 Å². The molecule has 2 N–H and O–H groups in total. The molecule has 2 rings (SSSR count). The standard InChI is InChI=1S/C13H18BrNO2/c1-9-13(2,5-6-17-9)15-8-10-7-11(14)3-4-12(10)16/h3-4,7,9,15-16H,5-6,8H2,1-2H3. The molecule has 4 heteroatoms. The Bertz CT molecular complexity index is 410. The first-order valence-corrected chi connectivity index (χ1v) is 6.64. The van der Waals surface area contributed by atoms with Crippen LogP contribution in [-0.4, -0.2) is 23.4 Å². The summed E-state index contributed by atoms with van der Waals surface area (Å²) in [6.45, 7) is 5.70. The molecule has 0 radical (unpaired) electrons. The minimum absolute atomic E-state index is 0.00520. The lowest BCUT2D eigenvalue weighted by molar-refractivity contribution is 0.0880. The first-order valence-electron chi connectivity index (χ1n) is 5.85. The van der Waals surface area contributed by atoms with Crippen molar-refractivity contribution in [2.24, 2.45) is 0 Å². The van der Waals surface area contributed by atoms with Crippen molar-refractivity contribution in [1.82, 2.24) is 5.32 Å². The van der Waals surface area contributed by atoms with Gasteiger partial charge >= 0.3 is 0 Å². The molecule has 3 nitrogen and oxygen atoms in total. The van der Waals surface area contributed by atoms with Crippen molar-refractivity contribution < 1.29 is 9.84 Å². The molecule has 0 saturated carbocycles. The summed E-state index contributed by atoms with van der Waals surface area (Å²) in [4.78, 5) is 0. The fourth-order valence-electron chi connectivity index (χ4n) is 2.06. The first kappa shape index (κ1) is 12.9. The largest absolute Gasteiger partial charge is 0.508 e. The molecule has 1 saturated heterocycles. The number of halogens is 1. The van der Waals surface area contributed by atoms with Gasteiger partial charge in [0.2, 0.25) is 0 Å². The maximum Gasteiger partial charge on any atom is 0.120 e. The third kappa shape index (κ3) is 2.81. The Kier molecular flexibility index (Phi) is 3.76. The van der Waals surface area contributed by atoms with Crippen LogP contribution in [-0.2, 0) is 11.3 Å². The van der Waals surface area contributed by atoms with Crippen molar-refractivity contribution >= 4 is 15.9 Å². The van der Waals surface area contributed by atoms with E-state index in [0.29, 0.717) is 12.3 Å². The van der Waals surface area contributed by atoms with Crippen LogP contribution in [0.5, 0.6) is 5.75 Å². The smallest absolute Gasteiger partial charge is 0.120 e. The van der Waals surface area contributed by atoms with Gasteiger partial charge in [-0.05, 0) is 38.5 Å². The van der Waals surface area contributed by atoms with Crippen LogP contribution in [0.3, 0.4) is 0 Å². The maximum absolute atomic E-state index is 9.77. The molecule has 1 fully saturated rings. The van der Waals surface area contributed by atoms with E-state index in [0.717, 1.165) is 23.1 Å². The first-order chi connectivity index (χ1) is 8.01. The Balaban J connectivity index is 2.04. The average Bonchev–Trinajstić information content (AvgIpc) is 2.61. The number of rotatable bonds is 3. The zero-order valence-corrected chi connectivity index (χ0v) is 11.8. The maximum atomic E-state index is 9.77. The Labute approximate surface area is 110 Å². The van der Waals surface area contributed by atoms with Crippen molar-refractivity contribution in [3.63, 3.8) is 0 Å². The molecule has 0 spiro atoms. The summed E-state index contributed by atoms with van der Waals surface area (Å²) in [5.41, 5.74) is 0.897. The van der Waals surface area contributed by atoms with E-state index in [1.165, 1.54) is 0 Å². The molecular weight excluding hydrogens is 282 g/mol. The van der Waals surface area contributed by atoms with Gasteiger partial charge in [0, 0.05) is 28.7 Å². The van der Waals surface area contributed by atoms with E-state index in [9.17, 15) is 5.11 Å². The second-order valence-electron chi connectivity index (χ2n) is 4.81. The van der Waals surface area contributed by atoms with E-state index in [-0.39, 0.29) is 11.6 Å². The van der Waals surface area contributed by atoms with E-state index >= 15 is 0 Å². The third-order valence-electron chi connectivity index (χ3n) is 3.61. The molecule has 94 valence electrons. The SMILES string of the molecule is CC1OCCC1(C)NCc1cc(Br)ccc1O. The highest BCUT2D eigenvalue weighted by Crippen LogP contribution is 2.27. The second kappa shape index (κ2) is 4.96. The number of benzene rings is 1. The van der Waals surface area contributed by atoms with Gasteiger partial charge < -0.3 is 15.2 Å². The lowest BCUT2D eigenvalue weighted by Crippen LogP contribution is -2.47. The highest BCUT2D eigenvalue weighted by molar-refractivity contribution is 9.10. The lowest BCUT2D eigenvalue weighted by Gasteiger charge is -2.29. The summed E-state index contributed by atoms with van der Waals surface area (Å²) in [5.74, 6) is 0.330. The topological polar surface area (TPSA) is 41.5 Å². The van der Waals surface area contributed by atoms with Gasteiger partial charge in [-0.3, -0.25) is 0 Å². The van der Waals surface area contributed by atoms with E-state index in [2.05, 4.69) is 35.1 Å². The highest BCUT2D eigenvalue weighted by Gasteiger charge is 2.36. The molecule has 0 bridgehead atoms. The van der Waals surface area contributed by atoms with Gasteiger partial charge in [-0.2, -0.15) is 0 Å². The predicted octanol–water partition coefficient (Wildman–Crippen LogP) is 2.81. The average molecular weight is 300 g/mol. The van der Waals surface area contributed by atoms with E-state index in [1.54, 1.807) is 6.07 Å². The minimum Gasteiger partial charge on any atom is -0.508 e. The summed E-state index contributed by atoms with van der Waals surface area (Å²) in [5, 5.41) is 13.3. The molecule has 1 aromatic carbocycles. The molecule has 17 heavy (non-hydrogen) atoms. The Morgan fingerprint density at radius 2 is 2.35 bits per heavy atom. The Morgan fingerprint density at radius 1 is 1.59 bits per heavy atom. The van der Waals surface area contributed by atoms with Gasteiger partial charge in [-0.25, -0.2) is 0 Å². The summed E-state index contributed by atoms with van der Waals surface area (Å²) in [6, 6.07) is 5.48. The van der Waals surface area contributed by atoms with Gasteiger partial charge in [-0.15, -0.1) is 0 Å². The van der Waals surface area contributed by atoms with Crippen molar-refractivity contribution in [2.75, 3.05) is 6.61 Å². The lowest BCUT2D eigenvalue weighted by atomic mass is 9.94. The van der Waals surface area contributed by atoms with Crippen molar-refractivity contribution in [3.05, 3.63) is 28.2 Å². The monoisotopic (exact) mass is 299 g/mol. The molecule has 2 unspecified atom stereocenters. The number of nitrogens with one attached hydrogen (secondary N) is 1. The molecule has 0 amide bonds. The molecule has 2 atom stereocenters. The van der Waals surface area contributed by atoms with Crippen molar-refractivity contribution in [3.8, 4) is 5.75 Å². The predicted molar refractivity (Wildman–Crippen MR) is 71.1 cm³/mol. The normalized spacial score (nSPS) is 28.5. The molecule has 0 aliphatic carbocycles. The van der Waals surface area contributed by atoms with Gasteiger partial charge in [0.25, 0.3) is 0 Å². The minimum atomic E-state index is -0.00520. The van der Waals surface area contributed by atoms with Gasteiger partial charge in [-0.1, -0.05) is 15.9 Å². The summed E-state index contributed by atoms with van der Waals surface area (Å²) < 4.78 is 6.56. The van der Waals surface area contributed by atoms with Crippen LogP contribution < -0.4 is 5.32 Å². The molecule has 0 aromatic heterocycles. The number of hydrogen-bond acceptors (Lipinski definition) is 3. The molecule has 1 aliphatic heterocycles. The third-order valence-corrected chi connectivity index (χ3v) is 4.10. The van der Waals surface area contributed by atoms with Crippen LogP contribution in [0.4, 0.5) is 0 Å². The van der Waals surface area contributed by atoms with Crippen LogP contribution in [0.1, 0.15) is 25.8 Å². The summed E-state index contributed by atoms with van der Waals surface area (Å²) >= 11 is 3.41. The zero-order valence-electron chi connectivity index (χ0n) is 10.2. The zero-order chi connectivity index (χ0) is 12.5. The summed E-state index contributed by atoms with van der Waals surface area (Å²) in [6.07, 6.45) is 1.21. The molecule has 1 aliphatic rings. The number of phenolic OH excluding ortho intramolecular Hbond substituents is 1. The highest BCUT2D eigenvalue weighted by atomic mass is 79.9. The van der Waals surface area contributed by atoms with E-state index in [4.69, 9.17) is 4.74 Å². The quantitative estimate of drug-likeness (QED) is 0.902. The second-order valence-corrected chi connectivity index (χ2v) is 5.72. The fraction of sp³-hybridized carbons (Fsp3) is 0.538. The van der Waals surface area contributed by atoms with Crippen LogP contribution in [0.25, 0.3) is 0 Å². The van der Waals surface area contributed by atoms with E-state index in [1.807, 2.05) is 12.1 Å². The number of phenols is 1. The van der Waals surface area contributed by atoms with Crippen molar-refractivity contribution in [2.45, 2.75) is 38.5 Å².